The van der Waals surface area contributed by atoms with Gasteiger partial charge in [0.05, 0.1) is 6.04 Å². The number of hydrogen-bond donors (Lipinski definition) is 1. The fraction of sp³-hybridized carbons (Fsp3) is 0.222. The van der Waals surface area contributed by atoms with Crippen molar-refractivity contribution >= 4 is 35.1 Å². The highest BCUT2D eigenvalue weighted by molar-refractivity contribution is 6.31. The Bertz CT molecular complexity index is 751. The van der Waals surface area contributed by atoms with Crippen molar-refractivity contribution in [3.05, 3.63) is 64.1 Å². The van der Waals surface area contributed by atoms with Crippen LogP contribution in [0.4, 0.5) is 0 Å². The fourth-order valence-corrected chi connectivity index (χ4v) is 2.55. The molecule has 0 heterocycles. The molecule has 2 aromatic rings. The summed E-state index contributed by atoms with van der Waals surface area (Å²) in [6, 6.07) is 13.5. The summed E-state index contributed by atoms with van der Waals surface area (Å²) in [5.74, 6) is -0.634. The molecule has 5 nitrogen and oxygen atoms in total. The highest BCUT2D eigenvalue weighted by Gasteiger charge is 2.14. The van der Waals surface area contributed by atoms with Crippen LogP contribution >= 0.6 is 23.2 Å². The fourth-order valence-electron chi connectivity index (χ4n) is 2.07. The van der Waals surface area contributed by atoms with Gasteiger partial charge < -0.3 is 14.8 Å². The zero-order valence-corrected chi connectivity index (χ0v) is 15.0. The molecule has 132 valence electrons. The first-order valence-electron chi connectivity index (χ1n) is 7.53. The van der Waals surface area contributed by atoms with Gasteiger partial charge >= 0.3 is 5.97 Å². The van der Waals surface area contributed by atoms with Crippen LogP contribution in [0, 0.1) is 0 Å². The number of esters is 1. The molecule has 0 aliphatic rings. The van der Waals surface area contributed by atoms with Crippen LogP contribution in [0.15, 0.2) is 48.5 Å². The number of carbonyl (C=O) groups is 2. The van der Waals surface area contributed by atoms with E-state index in [1.165, 1.54) is 0 Å². The zero-order chi connectivity index (χ0) is 18.2. The van der Waals surface area contributed by atoms with Crippen LogP contribution in [0.5, 0.6) is 5.75 Å². The van der Waals surface area contributed by atoms with E-state index >= 15 is 0 Å². The third-order valence-electron chi connectivity index (χ3n) is 3.27. The highest BCUT2D eigenvalue weighted by Crippen LogP contribution is 2.22. The van der Waals surface area contributed by atoms with Crippen molar-refractivity contribution in [1.29, 1.82) is 0 Å². The van der Waals surface area contributed by atoms with Crippen LogP contribution in [-0.4, -0.2) is 25.1 Å². The van der Waals surface area contributed by atoms with E-state index in [0.717, 1.165) is 5.56 Å². The molecule has 0 bridgehead atoms. The van der Waals surface area contributed by atoms with Gasteiger partial charge in [-0.1, -0.05) is 47.5 Å². The van der Waals surface area contributed by atoms with Crippen LogP contribution in [0.25, 0.3) is 0 Å². The van der Waals surface area contributed by atoms with Crippen LogP contribution < -0.4 is 10.1 Å². The van der Waals surface area contributed by atoms with E-state index in [2.05, 4.69) is 5.32 Å². The Morgan fingerprint density at radius 2 is 1.84 bits per heavy atom. The molecule has 0 saturated heterocycles. The molecule has 2 rings (SSSR count). The van der Waals surface area contributed by atoms with E-state index < -0.39 is 18.5 Å². The quantitative estimate of drug-likeness (QED) is 0.740. The Hall–Kier alpha value is -2.24. The van der Waals surface area contributed by atoms with Gasteiger partial charge in [0.1, 0.15) is 5.75 Å². The van der Waals surface area contributed by atoms with Gasteiger partial charge in [-0.3, -0.25) is 4.79 Å². The summed E-state index contributed by atoms with van der Waals surface area (Å²) in [4.78, 5) is 23.5. The molecule has 0 aliphatic heterocycles. The van der Waals surface area contributed by atoms with Crippen LogP contribution in [0.1, 0.15) is 18.5 Å². The lowest BCUT2D eigenvalue weighted by Crippen LogP contribution is -2.32. The maximum Gasteiger partial charge on any atom is 0.344 e. The van der Waals surface area contributed by atoms with Gasteiger partial charge in [-0.15, -0.1) is 0 Å². The molecule has 7 heteroatoms. The van der Waals surface area contributed by atoms with E-state index in [0.29, 0.717) is 15.8 Å². The third-order valence-corrected chi connectivity index (χ3v) is 3.85. The van der Waals surface area contributed by atoms with E-state index in [1.807, 2.05) is 18.2 Å². The summed E-state index contributed by atoms with van der Waals surface area (Å²) in [5.41, 5.74) is 0.785. The molecule has 0 saturated carbocycles. The number of amides is 1. The largest absolute Gasteiger partial charge is 0.482 e. The maximum atomic E-state index is 11.9. The SMILES string of the molecule is C[C@H](NC(=O)COC(=O)COc1cccc(Cl)c1)c1ccccc1Cl. The number of hydrogen-bond acceptors (Lipinski definition) is 4. The number of nitrogens with one attached hydrogen (secondary N) is 1. The molecular formula is C18H17Cl2NO4. The first kappa shape index (κ1) is 19.1. The number of benzene rings is 2. The summed E-state index contributed by atoms with van der Waals surface area (Å²) >= 11 is 11.9. The van der Waals surface area contributed by atoms with Gasteiger partial charge in [0.25, 0.3) is 5.91 Å². The molecule has 0 fully saturated rings. The molecule has 0 aromatic heterocycles. The maximum absolute atomic E-state index is 11.9. The van der Waals surface area contributed by atoms with Crippen molar-refractivity contribution in [2.24, 2.45) is 0 Å². The Kier molecular flexibility index (Phi) is 7.10. The lowest BCUT2D eigenvalue weighted by atomic mass is 10.1. The lowest BCUT2D eigenvalue weighted by molar-refractivity contribution is -0.150. The topological polar surface area (TPSA) is 64.6 Å². The van der Waals surface area contributed by atoms with E-state index in [-0.39, 0.29) is 12.6 Å². The van der Waals surface area contributed by atoms with Crippen molar-refractivity contribution in [1.82, 2.24) is 5.32 Å². The van der Waals surface area contributed by atoms with Crippen LogP contribution in [0.2, 0.25) is 10.0 Å². The first-order chi connectivity index (χ1) is 12.0. The number of carbonyl (C=O) groups excluding carboxylic acids is 2. The highest BCUT2D eigenvalue weighted by atomic mass is 35.5. The summed E-state index contributed by atoms with van der Waals surface area (Å²) in [6.07, 6.45) is 0. The Morgan fingerprint density at radius 1 is 1.08 bits per heavy atom. The van der Waals surface area contributed by atoms with E-state index in [4.69, 9.17) is 32.7 Å². The molecular weight excluding hydrogens is 365 g/mol. The molecule has 1 atom stereocenters. The summed E-state index contributed by atoms with van der Waals surface area (Å²) in [6.45, 7) is 1.09. The second-order valence-corrected chi connectivity index (χ2v) is 6.06. The zero-order valence-electron chi connectivity index (χ0n) is 13.5. The molecule has 0 unspecified atom stereocenters. The minimum atomic E-state index is -0.652. The van der Waals surface area contributed by atoms with Gasteiger partial charge in [-0.25, -0.2) is 4.79 Å². The monoisotopic (exact) mass is 381 g/mol. The average molecular weight is 382 g/mol. The molecule has 0 aliphatic carbocycles. The summed E-state index contributed by atoms with van der Waals surface area (Å²) < 4.78 is 10.1. The minimum Gasteiger partial charge on any atom is -0.482 e. The smallest absolute Gasteiger partial charge is 0.344 e. The lowest BCUT2D eigenvalue weighted by Gasteiger charge is -2.15. The third kappa shape index (κ3) is 6.29. The molecule has 25 heavy (non-hydrogen) atoms. The van der Waals surface area contributed by atoms with Crippen molar-refractivity contribution < 1.29 is 19.1 Å². The van der Waals surface area contributed by atoms with Crippen LogP contribution in [-0.2, 0) is 14.3 Å². The molecule has 2 aromatic carbocycles. The Morgan fingerprint density at radius 3 is 2.56 bits per heavy atom. The Balaban J connectivity index is 1.74. The number of halogens is 2. The van der Waals surface area contributed by atoms with Crippen molar-refractivity contribution in [2.75, 3.05) is 13.2 Å². The van der Waals surface area contributed by atoms with Gasteiger partial charge in [0.2, 0.25) is 0 Å². The average Bonchev–Trinajstić information content (AvgIpc) is 2.58. The van der Waals surface area contributed by atoms with Crippen LogP contribution in [0.3, 0.4) is 0 Å². The summed E-state index contributed by atoms with van der Waals surface area (Å²) in [7, 11) is 0. The van der Waals surface area contributed by atoms with Gasteiger partial charge in [-0.2, -0.15) is 0 Å². The van der Waals surface area contributed by atoms with E-state index in [9.17, 15) is 9.59 Å². The van der Waals surface area contributed by atoms with Gasteiger partial charge in [0, 0.05) is 10.0 Å². The molecule has 1 N–H and O–H groups in total. The van der Waals surface area contributed by atoms with Crippen molar-refractivity contribution in [2.45, 2.75) is 13.0 Å². The first-order valence-corrected chi connectivity index (χ1v) is 8.29. The number of ether oxygens (including phenoxy) is 2. The Labute approximate surface area is 155 Å². The minimum absolute atomic E-state index is 0.303. The molecule has 0 spiro atoms. The van der Waals surface area contributed by atoms with E-state index in [1.54, 1.807) is 37.3 Å². The normalized spacial score (nSPS) is 11.5. The predicted molar refractivity (Wildman–Crippen MR) is 95.9 cm³/mol. The number of rotatable bonds is 7. The molecule has 0 radical (unpaired) electrons. The predicted octanol–water partition coefficient (Wildman–Crippen LogP) is 3.79. The second-order valence-electron chi connectivity index (χ2n) is 5.22. The summed E-state index contributed by atoms with van der Waals surface area (Å²) in [5, 5.41) is 3.77. The van der Waals surface area contributed by atoms with Crippen molar-refractivity contribution in [3.63, 3.8) is 0 Å². The van der Waals surface area contributed by atoms with Crippen molar-refractivity contribution in [3.8, 4) is 5.75 Å². The second kappa shape index (κ2) is 9.30. The standard InChI is InChI=1S/C18H17Cl2NO4/c1-12(15-7-2-3-8-16(15)20)21-17(22)10-25-18(23)11-24-14-6-4-5-13(19)9-14/h2-9,12H,10-11H2,1H3,(H,21,22)/t12-/m0/s1. The van der Waals surface area contributed by atoms with Gasteiger partial charge in [0.15, 0.2) is 13.2 Å². The van der Waals surface area contributed by atoms with Gasteiger partial charge in [-0.05, 0) is 36.8 Å². The molecule has 1 amide bonds.